The fraction of sp³-hybridized carbons (Fsp3) is 0.429. The molecule has 0 aliphatic carbocycles. The van der Waals surface area contributed by atoms with Gasteiger partial charge >= 0.3 is 0 Å². The molecule has 0 atom stereocenters. The molecule has 3 rings (SSSR count). The van der Waals surface area contributed by atoms with Crippen molar-refractivity contribution in [3.8, 4) is 0 Å². The van der Waals surface area contributed by atoms with E-state index in [-0.39, 0.29) is 0 Å². The molecule has 0 bridgehead atoms. The maximum atomic E-state index is 5.25. The van der Waals surface area contributed by atoms with Gasteiger partial charge in [-0.05, 0) is 17.7 Å². The van der Waals surface area contributed by atoms with Gasteiger partial charge in [0.15, 0.2) is 0 Å². The quantitative estimate of drug-likeness (QED) is 0.888. The van der Waals surface area contributed by atoms with Crippen molar-refractivity contribution in [1.29, 1.82) is 0 Å². The van der Waals surface area contributed by atoms with Gasteiger partial charge in [-0.3, -0.25) is 0 Å². The van der Waals surface area contributed by atoms with Crippen molar-refractivity contribution in [2.45, 2.75) is 13.5 Å². The van der Waals surface area contributed by atoms with Crippen LogP contribution in [-0.4, -0.2) is 34.5 Å². The van der Waals surface area contributed by atoms with Crippen molar-refractivity contribution in [3.05, 3.63) is 42.5 Å². The van der Waals surface area contributed by atoms with Crippen LogP contribution in [0.1, 0.15) is 12.5 Å². The Morgan fingerprint density at radius 1 is 1.32 bits per heavy atom. The molecule has 0 amide bonds. The molecule has 1 N–H and O–H groups in total. The fourth-order valence-electron chi connectivity index (χ4n) is 2.10. The van der Waals surface area contributed by atoms with Crippen LogP contribution in [0.3, 0.4) is 0 Å². The topological polar surface area (TPSA) is 52.0 Å². The third kappa shape index (κ3) is 2.93. The number of rotatable bonds is 5. The molecule has 0 unspecified atom stereocenters. The normalized spacial score (nSPS) is 16.9. The first-order valence-electron chi connectivity index (χ1n) is 6.47. The second-order valence-electron chi connectivity index (χ2n) is 5.45. The summed E-state index contributed by atoms with van der Waals surface area (Å²) in [6, 6.07) is 8.44. The molecule has 1 aromatic heterocycles. The molecule has 2 heterocycles. The van der Waals surface area contributed by atoms with E-state index in [9.17, 15) is 0 Å². The lowest BCUT2D eigenvalue weighted by atomic mass is 9.89. The Bertz CT molecular complexity index is 517. The van der Waals surface area contributed by atoms with Gasteiger partial charge in [-0.15, -0.1) is 0 Å². The Kier molecular flexibility index (Phi) is 3.21. The van der Waals surface area contributed by atoms with Crippen molar-refractivity contribution in [2.75, 3.05) is 25.1 Å². The van der Waals surface area contributed by atoms with Crippen LogP contribution in [0.4, 0.5) is 5.69 Å². The largest absolute Gasteiger partial charge is 0.384 e. The predicted octanol–water partition coefficient (Wildman–Crippen LogP) is 1.77. The minimum atomic E-state index is 0.291. The Morgan fingerprint density at radius 3 is 2.68 bits per heavy atom. The molecule has 5 nitrogen and oxygen atoms in total. The van der Waals surface area contributed by atoms with Gasteiger partial charge in [-0.2, -0.15) is 5.10 Å². The first-order chi connectivity index (χ1) is 9.23. The summed E-state index contributed by atoms with van der Waals surface area (Å²) in [6.45, 7) is 5.65. The van der Waals surface area contributed by atoms with Gasteiger partial charge < -0.3 is 10.1 Å². The fourth-order valence-corrected chi connectivity index (χ4v) is 2.10. The van der Waals surface area contributed by atoms with Gasteiger partial charge in [0.25, 0.3) is 0 Å². The zero-order valence-electron chi connectivity index (χ0n) is 11.0. The van der Waals surface area contributed by atoms with Crippen LogP contribution in [0.25, 0.3) is 0 Å². The van der Waals surface area contributed by atoms with Gasteiger partial charge in [0, 0.05) is 17.6 Å². The number of nitrogens with one attached hydrogen (secondary N) is 1. The number of nitrogens with zero attached hydrogens (tertiary/aromatic N) is 3. The Balaban J connectivity index is 1.56. The molecular formula is C14H18N4O. The zero-order valence-corrected chi connectivity index (χ0v) is 11.0. The smallest absolute Gasteiger partial charge is 0.137 e. The molecule has 2 aromatic rings. The van der Waals surface area contributed by atoms with Crippen LogP contribution < -0.4 is 5.32 Å². The predicted molar refractivity (Wildman–Crippen MR) is 73.0 cm³/mol. The van der Waals surface area contributed by atoms with Gasteiger partial charge in [0.1, 0.15) is 12.7 Å². The van der Waals surface area contributed by atoms with Crippen LogP contribution in [0.2, 0.25) is 0 Å². The molecule has 1 saturated heterocycles. The number of aromatic nitrogens is 3. The lowest BCUT2D eigenvalue weighted by molar-refractivity contribution is -0.0924. The molecule has 1 aliphatic heterocycles. The average Bonchev–Trinajstić information content (AvgIpc) is 2.89. The van der Waals surface area contributed by atoms with Crippen LogP contribution in [-0.2, 0) is 11.3 Å². The zero-order chi connectivity index (χ0) is 13.1. The maximum absolute atomic E-state index is 5.25. The van der Waals surface area contributed by atoms with Crippen molar-refractivity contribution in [1.82, 2.24) is 14.8 Å². The lowest BCUT2D eigenvalue weighted by Gasteiger charge is -2.38. The van der Waals surface area contributed by atoms with Crippen LogP contribution >= 0.6 is 0 Å². The third-order valence-corrected chi connectivity index (χ3v) is 3.39. The standard InChI is InChI=1S/C14H18N4O/c1-14(8-19-9-14)7-16-13-4-2-12(3-5-13)6-18-11-15-10-17-18/h2-5,10-11,16H,6-9H2,1H3. The van der Waals surface area contributed by atoms with E-state index in [4.69, 9.17) is 4.74 Å². The molecule has 0 spiro atoms. The highest BCUT2D eigenvalue weighted by Gasteiger charge is 2.32. The van der Waals surface area contributed by atoms with E-state index in [0.717, 1.165) is 32.0 Å². The number of benzene rings is 1. The molecule has 1 fully saturated rings. The van der Waals surface area contributed by atoms with Crippen molar-refractivity contribution < 1.29 is 4.74 Å². The van der Waals surface area contributed by atoms with E-state index >= 15 is 0 Å². The summed E-state index contributed by atoms with van der Waals surface area (Å²) < 4.78 is 7.06. The highest BCUT2D eigenvalue weighted by atomic mass is 16.5. The minimum absolute atomic E-state index is 0.291. The first-order valence-corrected chi connectivity index (χ1v) is 6.47. The summed E-state index contributed by atoms with van der Waals surface area (Å²) in [4.78, 5) is 3.94. The Labute approximate surface area is 112 Å². The second-order valence-corrected chi connectivity index (χ2v) is 5.45. The molecule has 0 radical (unpaired) electrons. The van der Waals surface area contributed by atoms with Crippen LogP contribution in [0, 0.1) is 5.41 Å². The monoisotopic (exact) mass is 258 g/mol. The number of hydrogen-bond donors (Lipinski definition) is 1. The molecule has 5 heteroatoms. The van der Waals surface area contributed by atoms with Gasteiger partial charge in [0.2, 0.25) is 0 Å². The van der Waals surface area contributed by atoms with Gasteiger partial charge in [-0.25, -0.2) is 9.67 Å². The molecular weight excluding hydrogens is 240 g/mol. The van der Waals surface area contributed by atoms with Crippen LogP contribution in [0.5, 0.6) is 0 Å². The van der Waals surface area contributed by atoms with Crippen molar-refractivity contribution >= 4 is 5.69 Å². The summed E-state index contributed by atoms with van der Waals surface area (Å²) >= 11 is 0. The molecule has 100 valence electrons. The van der Waals surface area contributed by atoms with E-state index in [0.29, 0.717) is 5.41 Å². The molecule has 0 saturated carbocycles. The number of hydrogen-bond acceptors (Lipinski definition) is 4. The molecule has 1 aromatic carbocycles. The average molecular weight is 258 g/mol. The Morgan fingerprint density at radius 2 is 2.11 bits per heavy atom. The van der Waals surface area contributed by atoms with Crippen molar-refractivity contribution in [3.63, 3.8) is 0 Å². The van der Waals surface area contributed by atoms with E-state index < -0.39 is 0 Å². The summed E-state index contributed by atoms with van der Waals surface area (Å²) in [7, 11) is 0. The lowest BCUT2D eigenvalue weighted by Crippen LogP contribution is -2.45. The van der Waals surface area contributed by atoms with E-state index in [1.165, 1.54) is 5.56 Å². The molecule has 1 aliphatic rings. The SMILES string of the molecule is CC1(CNc2ccc(Cn3cncn3)cc2)COC1. The van der Waals surface area contributed by atoms with Gasteiger partial charge in [0.05, 0.1) is 19.8 Å². The molecule has 19 heavy (non-hydrogen) atoms. The highest BCUT2D eigenvalue weighted by Crippen LogP contribution is 2.26. The summed E-state index contributed by atoms with van der Waals surface area (Å²) in [6.07, 6.45) is 3.28. The number of ether oxygens (including phenoxy) is 1. The van der Waals surface area contributed by atoms with Crippen molar-refractivity contribution in [2.24, 2.45) is 5.41 Å². The maximum Gasteiger partial charge on any atom is 0.137 e. The van der Waals surface area contributed by atoms with Crippen LogP contribution in [0.15, 0.2) is 36.9 Å². The summed E-state index contributed by atoms with van der Waals surface area (Å²) in [5.41, 5.74) is 2.66. The van der Waals surface area contributed by atoms with E-state index in [1.807, 2.05) is 4.68 Å². The Hall–Kier alpha value is -1.88. The number of anilines is 1. The highest BCUT2D eigenvalue weighted by molar-refractivity contribution is 5.44. The summed E-state index contributed by atoms with van der Waals surface area (Å²) in [5.74, 6) is 0. The van der Waals surface area contributed by atoms with Gasteiger partial charge in [-0.1, -0.05) is 19.1 Å². The van der Waals surface area contributed by atoms with E-state index in [1.54, 1.807) is 12.7 Å². The summed E-state index contributed by atoms with van der Waals surface area (Å²) in [5, 5.41) is 7.56. The minimum Gasteiger partial charge on any atom is -0.384 e. The van der Waals surface area contributed by atoms with E-state index in [2.05, 4.69) is 46.6 Å². The second kappa shape index (κ2) is 5.01. The first kappa shape index (κ1) is 12.2. The third-order valence-electron chi connectivity index (χ3n) is 3.39.